The van der Waals surface area contributed by atoms with Crippen LogP contribution in [-0.4, -0.2) is 12.0 Å². The molecule has 0 heterocycles. The second-order valence-corrected chi connectivity index (χ2v) is 0.588. The third-order valence-electron chi connectivity index (χ3n) is 0.166. The van der Waals surface area contributed by atoms with E-state index in [4.69, 9.17) is 10.2 Å². The Kier molecular flexibility index (Phi) is 1.71. The third-order valence-corrected chi connectivity index (χ3v) is 0.166. The molecule has 0 radical (unpaired) electrons. The van der Waals surface area contributed by atoms with Crippen LogP contribution in [0.2, 0.25) is 0 Å². The fourth-order valence-electron chi connectivity index (χ4n) is 0.0492. The van der Waals surface area contributed by atoms with Gasteiger partial charge in [-0.2, -0.15) is 0 Å². The van der Waals surface area contributed by atoms with Gasteiger partial charge in [0.15, 0.2) is 0 Å². The zero-order valence-corrected chi connectivity index (χ0v) is 2.93. The fraction of sp³-hybridized carbons (Fsp3) is 0. The van der Waals surface area contributed by atoms with E-state index in [-0.39, 0.29) is 0 Å². The molecule has 0 spiro atoms. The van der Waals surface area contributed by atoms with Crippen LogP contribution in [0.25, 0.3) is 0 Å². The predicted octanol–water partition coefficient (Wildman–Crippen LogP) is -0.784. The van der Waals surface area contributed by atoms with E-state index in [1.165, 1.54) is 0 Å². The van der Waals surface area contributed by atoms with E-state index in [1.54, 1.807) is 0 Å². The molecule has 3 N–H and O–H groups in total. The Hall–Kier alpha value is -1.15. The van der Waals surface area contributed by atoms with E-state index in [0.717, 1.165) is 6.08 Å². The minimum absolute atomic E-state index is 0.509. The largest absolute Gasteiger partial charge is 0.368 e. The summed E-state index contributed by atoms with van der Waals surface area (Å²) in [6, 6.07) is 0. The van der Waals surface area contributed by atoms with Crippen molar-refractivity contribution in [3.05, 3.63) is 0 Å². The molecular weight excluding hydrogens is 82.0 g/mol. The summed E-state index contributed by atoms with van der Waals surface area (Å²) in [4.78, 5) is 11.8. The fourth-order valence-corrected chi connectivity index (χ4v) is 0.0492. The van der Waals surface area contributed by atoms with Crippen molar-refractivity contribution in [3.8, 4) is 0 Å². The summed E-state index contributed by atoms with van der Waals surface area (Å²) in [5.41, 5.74) is 4.56. The lowest BCUT2D eigenvalue weighted by atomic mass is 11.1. The van der Waals surface area contributed by atoms with E-state index in [2.05, 4.69) is 10.7 Å². The Labute approximate surface area is 34.2 Å². The van der Waals surface area contributed by atoms with Crippen LogP contribution < -0.4 is 5.73 Å². The average molecular weight is 85.1 g/mol. The number of nitrogens with one attached hydrogen (secondary N) is 1. The molecule has 0 aromatic rings. The molecule has 0 amide bonds. The van der Waals surface area contributed by atoms with Gasteiger partial charge in [0.25, 0.3) is 0 Å². The number of carbonyl (C=O) groups excluding carboxylic acids is 1. The van der Waals surface area contributed by atoms with Crippen LogP contribution in [-0.2, 0) is 4.79 Å². The maximum absolute atomic E-state index is 9.10. The highest BCUT2D eigenvalue weighted by Gasteiger charge is 1.69. The molecule has 0 fully saturated rings. The SMILES string of the molecule is N=C(N)N=C=O. The van der Waals surface area contributed by atoms with E-state index in [0.29, 0.717) is 0 Å². The second-order valence-electron chi connectivity index (χ2n) is 0.588. The van der Waals surface area contributed by atoms with Crippen molar-refractivity contribution in [3.63, 3.8) is 0 Å². The number of guanidine groups is 1. The predicted molar refractivity (Wildman–Crippen MR) is 20.0 cm³/mol. The summed E-state index contributed by atoms with van der Waals surface area (Å²) in [6.45, 7) is 0. The molecule has 0 aliphatic carbocycles. The van der Waals surface area contributed by atoms with Crippen LogP contribution in [0.15, 0.2) is 4.99 Å². The molecule has 0 aromatic carbocycles. The van der Waals surface area contributed by atoms with E-state index < -0.39 is 5.96 Å². The van der Waals surface area contributed by atoms with Gasteiger partial charge < -0.3 is 5.73 Å². The van der Waals surface area contributed by atoms with Crippen LogP contribution in [0.4, 0.5) is 0 Å². The zero-order chi connectivity index (χ0) is 4.99. The molecule has 0 aromatic heterocycles. The van der Waals surface area contributed by atoms with Gasteiger partial charge in [0.1, 0.15) is 0 Å². The van der Waals surface area contributed by atoms with E-state index in [1.807, 2.05) is 0 Å². The summed E-state index contributed by atoms with van der Waals surface area (Å²) in [5.74, 6) is -0.509. The van der Waals surface area contributed by atoms with Gasteiger partial charge in [-0.1, -0.05) is 0 Å². The van der Waals surface area contributed by atoms with Gasteiger partial charge in [0.05, 0.1) is 0 Å². The van der Waals surface area contributed by atoms with Crippen molar-refractivity contribution < 1.29 is 4.79 Å². The van der Waals surface area contributed by atoms with E-state index in [9.17, 15) is 0 Å². The molecule has 0 atom stereocenters. The van der Waals surface area contributed by atoms with E-state index >= 15 is 0 Å². The Morgan fingerprint density at radius 2 is 2.50 bits per heavy atom. The molecule has 0 saturated carbocycles. The lowest BCUT2D eigenvalue weighted by Crippen LogP contribution is -2.03. The van der Waals surface area contributed by atoms with Gasteiger partial charge in [-0.05, 0) is 0 Å². The van der Waals surface area contributed by atoms with Crippen LogP contribution in [0.5, 0.6) is 0 Å². The minimum atomic E-state index is -0.509. The minimum Gasteiger partial charge on any atom is -0.368 e. The van der Waals surface area contributed by atoms with Gasteiger partial charge in [0, 0.05) is 0 Å². The number of nitrogens with zero attached hydrogens (tertiary/aromatic N) is 1. The number of rotatable bonds is 0. The third kappa shape index (κ3) is 2.85. The maximum Gasteiger partial charge on any atom is 0.243 e. The summed E-state index contributed by atoms with van der Waals surface area (Å²) < 4.78 is 0. The highest BCUT2D eigenvalue weighted by atomic mass is 16.1. The molecule has 0 unspecified atom stereocenters. The number of aliphatic imine (C=N–C) groups is 1. The van der Waals surface area contributed by atoms with Crippen molar-refractivity contribution in [2.45, 2.75) is 0 Å². The normalized spacial score (nSPS) is 6.00. The van der Waals surface area contributed by atoms with Crippen molar-refractivity contribution in [2.24, 2.45) is 10.7 Å². The first kappa shape index (κ1) is 4.85. The first-order valence-corrected chi connectivity index (χ1v) is 1.19. The Morgan fingerprint density at radius 3 is 2.50 bits per heavy atom. The van der Waals surface area contributed by atoms with Crippen molar-refractivity contribution in [1.29, 1.82) is 5.41 Å². The molecule has 0 bridgehead atoms. The summed E-state index contributed by atoms with van der Waals surface area (Å²) in [6.07, 6.45) is 1.09. The number of nitrogens with two attached hydrogens (primary N) is 1. The second kappa shape index (κ2) is 2.11. The molecule has 4 heteroatoms. The van der Waals surface area contributed by atoms with Crippen LogP contribution >= 0.6 is 0 Å². The average Bonchev–Trinajstić information content (AvgIpc) is 1.35. The van der Waals surface area contributed by atoms with Crippen LogP contribution in [0.1, 0.15) is 0 Å². The molecule has 0 rings (SSSR count). The van der Waals surface area contributed by atoms with Crippen molar-refractivity contribution in [1.82, 2.24) is 0 Å². The van der Waals surface area contributed by atoms with Crippen LogP contribution in [0.3, 0.4) is 0 Å². The van der Waals surface area contributed by atoms with Crippen molar-refractivity contribution >= 4 is 12.0 Å². The first-order valence-electron chi connectivity index (χ1n) is 1.19. The quantitative estimate of drug-likeness (QED) is 0.230. The van der Waals surface area contributed by atoms with Gasteiger partial charge in [-0.15, -0.1) is 4.99 Å². The molecular formula is C2H3N3O. The van der Waals surface area contributed by atoms with Gasteiger partial charge in [-0.3, -0.25) is 5.41 Å². The van der Waals surface area contributed by atoms with Crippen molar-refractivity contribution in [2.75, 3.05) is 0 Å². The lowest BCUT2D eigenvalue weighted by molar-refractivity contribution is 0.565. The summed E-state index contributed by atoms with van der Waals surface area (Å²) >= 11 is 0. The Morgan fingerprint density at radius 1 is 2.00 bits per heavy atom. The molecule has 0 aliphatic rings. The molecule has 32 valence electrons. The smallest absolute Gasteiger partial charge is 0.243 e. The highest BCUT2D eigenvalue weighted by molar-refractivity contribution is 5.79. The molecule has 0 saturated heterocycles. The Bertz CT molecular complexity index is 101. The number of hydrogen-bond acceptors (Lipinski definition) is 2. The summed E-state index contributed by atoms with van der Waals surface area (Å²) in [5, 5.41) is 6.24. The van der Waals surface area contributed by atoms with Gasteiger partial charge in [-0.25, -0.2) is 4.79 Å². The molecule has 4 nitrogen and oxygen atoms in total. The van der Waals surface area contributed by atoms with Gasteiger partial charge in [0.2, 0.25) is 12.0 Å². The standard InChI is InChI=1S/C2H3N3O/c3-2(4)5-1-6/h(H3,3,4). The molecule has 6 heavy (non-hydrogen) atoms. The number of isocyanates is 1. The van der Waals surface area contributed by atoms with Crippen LogP contribution in [0, 0.1) is 5.41 Å². The maximum atomic E-state index is 9.10. The first-order chi connectivity index (χ1) is 2.77. The zero-order valence-electron chi connectivity index (χ0n) is 2.93. The topological polar surface area (TPSA) is 79.3 Å². The lowest BCUT2D eigenvalue weighted by Gasteiger charge is -1.69. The highest BCUT2D eigenvalue weighted by Crippen LogP contribution is 1.50. The summed E-state index contributed by atoms with van der Waals surface area (Å²) in [7, 11) is 0. The molecule has 0 aliphatic heterocycles. The van der Waals surface area contributed by atoms with Gasteiger partial charge >= 0.3 is 0 Å². The Balaban J connectivity index is 3.60. The number of hydrogen-bond donors (Lipinski definition) is 2. The monoisotopic (exact) mass is 85.0 g/mol.